The van der Waals surface area contributed by atoms with Gasteiger partial charge in [0.1, 0.15) is 11.2 Å². The Labute approximate surface area is 122 Å². The normalized spacial score (nSPS) is 13.1. The summed E-state index contributed by atoms with van der Waals surface area (Å²) >= 11 is 0. The molecule has 20 heavy (non-hydrogen) atoms. The summed E-state index contributed by atoms with van der Waals surface area (Å²) in [6, 6.07) is 0. The van der Waals surface area contributed by atoms with Crippen LogP contribution in [0.2, 0.25) is 0 Å². The minimum absolute atomic E-state index is 0.187. The van der Waals surface area contributed by atoms with Crippen molar-refractivity contribution in [2.45, 2.75) is 66.6 Å². The first kappa shape index (κ1) is 18.7. The van der Waals surface area contributed by atoms with E-state index >= 15 is 0 Å². The van der Waals surface area contributed by atoms with Gasteiger partial charge in [0.2, 0.25) is 0 Å². The Morgan fingerprint density at radius 1 is 0.750 bits per heavy atom. The summed E-state index contributed by atoms with van der Waals surface area (Å²) < 4.78 is 10.6. The van der Waals surface area contributed by atoms with E-state index in [9.17, 15) is 9.59 Å². The summed E-state index contributed by atoms with van der Waals surface area (Å²) in [5.41, 5.74) is -1.13. The zero-order valence-electron chi connectivity index (χ0n) is 13.9. The van der Waals surface area contributed by atoms with Gasteiger partial charge >= 0.3 is 11.9 Å². The van der Waals surface area contributed by atoms with Crippen molar-refractivity contribution in [3.05, 3.63) is 12.2 Å². The first-order valence-electron chi connectivity index (χ1n) is 7.02. The number of rotatable bonds is 6. The van der Waals surface area contributed by atoms with Crippen LogP contribution in [0.15, 0.2) is 12.2 Å². The Kier molecular flexibility index (Phi) is 6.45. The lowest BCUT2D eigenvalue weighted by Gasteiger charge is -2.29. The average molecular weight is 284 g/mol. The van der Waals surface area contributed by atoms with Gasteiger partial charge in [0.25, 0.3) is 0 Å². The lowest BCUT2D eigenvalue weighted by atomic mass is 9.94. The molecule has 0 aromatic rings. The predicted octanol–water partition coefficient (Wildman–Crippen LogP) is 3.50. The van der Waals surface area contributed by atoms with Gasteiger partial charge in [0, 0.05) is 12.2 Å². The molecule has 4 heteroatoms. The number of carbonyl (C=O) groups is 2. The largest absolute Gasteiger partial charge is 0.456 e. The maximum absolute atomic E-state index is 11.7. The maximum Gasteiger partial charge on any atom is 0.331 e. The van der Waals surface area contributed by atoms with E-state index in [1.165, 1.54) is 0 Å². The Bertz CT molecular complexity index is 340. The molecule has 0 aliphatic rings. The molecule has 4 nitrogen and oxygen atoms in total. The van der Waals surface area contributed by atoms with Crippen molar-refractivity contribution in [2.24, 2.45) is 11.8 Å². The highest BCUT2D eigenvalue weighted by molar-refractivity contribution is 5.92. The van der Waals surface area contributed by atoms with Crippen LogP contribution in [-0.2, 0) is 19.1 Å². The standard InChI is InChI=1S/C16H28O4/c1-11(2)15(5,6)19-13(17)9-10-14(18)20-16(7,8)12(3)4/h9-12H,1-8H3. The Balaban J connectivity index is 4.51. The third-order valence-corrected chi connectivity index (χ3v) is 3.86. The van der Waals surface area contributed by atoms with E-state index < -0.39 is 23.1 Å². The molecule has 0 saturated carbocycles. The third-order valence-electron chi connectivity index (χ3n) is 3.86. The van der Waals surface area contributed by atoms with Crippen molar-refractivity contribution in [3.63, 3.8) is 0 Å². The first-order valence-corrected chi connectivity index (χ1v) is 7.02. The van der Waals surface area contributed by atoms with E-state index in [0.717, 1.165) is 12.2 Å². The van der Waals surface area contributed by atoms with Crippen molar-refractivity contribution in [2.75, 3.05) is 0 Å². The average Bonchev–Trinajstić information content (AvgIpc) is 2.24. The van der Waals surface area contributed by atoms with Crippen LogP contribution in [-0.4, -0.2) is 23.1 Å². The molecule has 0 atom stereocenters. The van der Waals surface area contributed by atoms with Crippen molar-refractivity contribution in [1.82, 2.24) is 0 Å². The van der Waals surface area contributed by atoms with Gasteiger partial charge in [-0.1, -0.05) is 27.7 Å². The fourth-order valence-electron chi connectivity index (χ4n) is 0.958. The highest BCUT2D eigenvalue weighted by Gasteiger charge is 2.27. The van der Waals surface area contributed by atoms with Gasteiger partial charge in [0.15, 0.2) is 0 Å². The summed E-state index contributed by atoms with van der Waals surface area (Å²) in [6.45, 7) is 15.2. The van der Waals surface area contributed by atoms with Crippen molar-refractivity contribution >= 4 is 11.9 Å². The molecule has 0 spiro atoms. The molecule has 0 heterocycles. The molecule has 116 valence electrons. The topological polar surface area (TPSA) is 52.6 Å². The quantitative estimate of drug-likeness (QED) is 0.553. The van der Waals surface area contributed by atoms with Crippen molar-refractivity contribution in [3.8, 4) is 0 Å². The van der Waals surface area contributed by atoms with E-state index in [0.29, 0.717) is 0 Å². The second-order valence-electron chi connectivity index (χ2n) is 6.69. The third kappa shape index (κ3) is 6.22. The van der Waals surface area contributed by atoms with Gasteiger partial charge in [-0.2, -0.15) is 0 Å². The van der Waals surface area contributed by atoms with Crippen LogP contribution >= 0.6 is 0 Å². The molecular formula is C16H28O4. The summed E-state index contributed by atoms with van der Waals surface area (Å²) in [4.78, 5) is 23.3. The van der Waals surface area contributed by atoms with Gasteiger partial charge < -0.3 is 9.47 Å². The highest BCUT2D eigenvalue weighted by atomic mass is 16.6. The summed E-state index contributed by atoms with van der Waals surface area (Å²) in [6.07, 6.45) is 2.23. The van der Waals surface area contributed by atoms with Gasteiger partial charge in [-0.15, -0.1) is 0 Å². The lowest BCUT2D eigenvalue weighted by Crippen LogP contribution is -2.34. The van der Waals surface area contributed by atoms with Gasteiger partial charge in [-0.3, -0.25) is 0 Å². The predicted molar refractivity (Wildman–Crippen MR) is 79.2 cm³/mol. The number of hydrogen-bond donors (Lipinski definition) is 0. The Morgan fingerprint density at radius 2 is 1.00 bits per heavy atom. The van der Waals surface area contributed by atoms with E-state index in [4.69, 9.17) is 9.47 Å². The van der Waals surface area contributed by atoms with E-state index in [-0.39, 0.29) is 11.8 Å². The summed E-state index contributed by atoms with van der Waals surface area (Å²) in [5, 5.41) is 0. The second kappa shape index (κ2) is 6.91. The molecular weight excluding hydrogens is 256 g/mol. The lowest BCUT2D eigenvalue weighted by molar-refractivity contribution is -0.157. The zero-order valence-corrected chi connectivity index (χ0v) is 13.9. The number of esters is 2. The summed E-state index contributed by atoms with van der Waals surface area (Å²) in [5.74, 6) is -0.704. The molecule has 0 aromatic carbocycles. The van der Waals surface area contributed by atoms with Crippen LogP contribution in [0.25, 0.3) is 0 Å². The number of hydrogen-bond acceptors (Lipinski definition) is 4. The molecule has 0 bridgehead atoms. The SMILES string of the molecule is CC(C)C(C)(C)OC(=O)C=CC(=O)OC(C)(C)C(C)C. The molecule has 0 unspecified atom stereocenters. The summed E-state index contributed by atoms with van der Waals surface area (Å²) in [7, 11) is 0. The molecule has 0 radical (unpaired) electrons. The number of carbonyl (C=O) groups excluding carboxylic acids is 2. The first-order chi connectivity index (χ1) is 8.88. The Morgan fingerprint density at radius 3 is 1.20 bits per heavy atom. The molecule has 0 aliphatic carbocycles. The molecule has 0 saturated heterocycles. The van der Waals surface area contributed by atoms with Crippen LogP contribution in [0.5, 0.6) is 0 Å². The highest BCUT2D eigenvalue weighted by Crippen LogP contribution is 2.21. The minimum Gasteiger partial charge on any atom is -0.456 e. The van der Waals surface area contributed by atoms with Crippen molar-refractivity contribution in [1.29, 1.82) is 0 Å². The van der Waals surface area contributed by atoms with Crippen LogP contribution in [0.3, 0.4) is 0 Å². The van der Waals surface area contributed by atoms with Crippen LogP contribution in [0.1, 0.15) is 55.4 Å². The Hall–Kier alpha value is -1.32. The second-order valence-corrected chi connectivity index (χ2v) is 6.69. The van der Waals surface area contributed by atoms with Gasteiger partial charge in [-0.25, -0.2) is 9.59 Å². The van der Waals surface area contributed by atoms with Crippen LogP contribution in [0.4, 0.5) is 0 Å². The molecule has 0 N–H and O–H groups in total. The maximum atomic E-state index is 11.7. The van der Waals surface area contributed by atoms with Gasteiger partial charge in [-0.05, 0) is 39.5 Å². The van der Waals surface area contributed by atoms with Crippen LogP contribution in [0, 0.1) is 11.8 Å². The van der Waals surface area contributed by atoms with E-state index in [1.54, 1.807) is 0 Å². The minimum atomic E-state index is -0.567. The molecule has 0 fully saturated rings. The molecule has 0 aromatic heterocycles. The molecule has 0 rings (SSSR count). The van der Waals surface area contributed by atoms with Crippen LogP contribution < -0.4 is 0 Å². The number of ether oxygens (including phenoxy) is 2. The molecule has 0 amide bonds. The fourth-order valence-corrected chi connectivity index (χ4v) is 0.958. The monoisotopic (exact) mass is 284 g/mol. The van der Waals surface area contributed by atoms with Crippen molar-refractivity contribution < 1.29 is 19.1 Å². The van der Waals surface area contributed by atoms with E-state index in [2.05, 4.69) is 0 Å². The van der Waals surface area contributed by atoms with Gasteiger partial charge in [0.05, 0.1) is 0 Å². The fraction of sp³-hybridized carbons (Fsp3) is 0.750. The zero-order chi connectivity index (χ0) is 16.1. The van der Waals surface area contributed by atoms with E-state index in [1.807, 2.05) is 55.4 Å². The molecule has 0 aliphatic heterocycles. The smallest absolute Gasteiger partial charge is 0.331 e.